The minimum atomic E-state index is 0.189. The number of hydrogen-bond donors (Lipinski definition) is 0. The van der Waals surface area contributed by atoms with E-state index in [9.17, 15) is 0 Å². The Morgan fingerprint density at radius 1 is 1.22 bits per heavy atom. The average Bonchev–Trinajstić information content (AvgIpc) is 3.34. The maximum Gasteiger partial charge on any atom is 0.228 e. The SMILES string of the molecule is Cc1nccn1CC1CCc2c(c3ccccc3n2C)/C1=N/OC(=S)c1ccc(Cl)cc1. The third-order valence-electron chi connectivity index (χ3n) is 6.25. The largest absolute Gasteiger partial charge is 0.347 e. The van der Waals surface area contributed by atoms with E-state index in [-0.39, 0.29) is 5.92 Å². The zero-order valence-corrected chi connectivity index (χ0v) is 19.5. The van der Waals surface area contributed by atoms with E-state index in [0.717, 1.165) is 42.0 Å². The zero-order chi connectivity index (χ0) is 22.2. The van der Waals surface area contributed by atoms with Crippen molar-refractivity contribution in [3.05, 3.63) is 88.6 Å². The fourth-order valence-electron chi connectivity index (χ4n) is 4.54. The molecule has 2 heterocycles. The van der Waals surface area contributed by atoms with Gasteiger partial charge in [-0.25, -0.2) is 4.98 Å². The Balaban J connectivity index is 1.57. The van der Waals surface area contributed by atoms with Gasteiger partial charge in [0.1, 0.15) is 5.82 Å². The van der Waals surface area contributed by atoms with E-state index in [1.165, 1.54) is 16.6 Å². The summed E-state index contributed by atoms with van der Waals surface area (Å²) in [5.74, 6) is 1.18. The molecule has 0 saturated heterocycles. The number of thiocarbonyl (C=S) groups is 1. The molecule has 0 radical (unpaired) electrons. The van der Waals surface area contributed by atoms with Gasteiger partial charge in [0.15, 0.2) is 0 Å². The molecule has 0 saturated carbocycles. The number of halogens is 1. The standard InChI is InChI=1S/C25H23ClN4OS/c1-16-27-13-14-30(16)15-18-9-12-22-23(20-5-3-4-6-21(20)29(22)2)24(18)28-31-25(32)17-7-10-19(26)11-8-17/h3-8,10-11,13-14,18H,9,12,15H2,1-2H3/b28-24+. The van der Waals surface area contributed by atoms with Crippen LogP contribution >= 0.6 is 23.8 Å². The summed E-state index contributed by atoms with van der Waals surface area (Å²) in [5, 5.41) is 6.86. The smallest absolute Gasteiger partial charge is 0.228 e. The predicted molar refractivity (Wildman–Crippen MR) is 132 cm³/mol. The van der Waals surface area contributed by atoms with Crippen LogP contribution in [0.25, 0.3) is 10.9 Å². The number of rotatable bonds is 4. The molecule has 1 atom stereocenters. The van der Waals surface area contributed by atoms with Crippen molar-refractivity contribution in [3.8, 4) is 0 Å². The van der Waals surface area contributed by atoms with E-state index in [1.54, 1.807) is 12.1 Å². The van der Waals surface area contributed by atoms with Crippen LogP contribution < -0.4 is 0 Å². The number of para-hydroxylation sites is 1. The number of oxime groups is 1. The first-order valence-corrected chi connectivity index (χ1v) is 11.4. The van der Waals surface area contributed by atoms with Crippen molar-refractivity contribution in [1.82, 2.24) is 14.1 Å². The highest BCUT2D eigenvalue weighted by Gasteiger charge is 2.31. The molecule has 1 unspecified atom stereocenters. The van der Waals surface area contributed by atoms with Gasteiger partial charge in [-0.15, -0.1) is 0 Å². The molecule has 2 aromatic carbocycles. The fourth-order valence-corrected chi connectivity index (χ4v) is 4.84. The third-order valence-corrected chi connectivity index (χ3v) is 6.81. The number of nitrogens with zero attached hydrogens (tertiary/aromatic N) is 4. The first kappa shape index (κ1) is 20.9. The summed E-state index contributed by atoms with van der Waals surface area (Å²) >= 11 is 11.5. The lowest BCUT2D eigenvalue weighted by atomic mass is 9.84. The molecule has 5 rings (SSSR count). The van der Waals surface area contributed by atoms with Crippen LogP contribution in [-0.2, 0) is 24.9 Å². The van der Waals surface area contributed by atoms with Crippen molar-refractivity contribution >= 4 is 45.5 Å². The maximum absolute atomic E-state index is 6.01. The van der Waals surface area contributed by atoms with E-state index in [0.29, 0.717) is 10.1 Å². The Hall–Kier alpha value is -2.96. The number of aryl methyl sites for hydroxylation is 2. The Morgan fingerprint density at radius 2 is 2.00 bits per heavy atom. The molecule has 0 aliphatic heterocycles. The second-order valence-electron chi connectivity index (χ2n) is 8.12. The third kappa shape index (κ3) is 3.74. The molecule has 162 valence electrons. The van der Waals surface area contributed by atoms with Crippen LogP contribution in [0.3, 0.4) is 0 Å². The van der Waals surface area contributed by atoms with Crippen LogP contribution in [-0.4, -0.2) is 24.9 Å². The van der Waals surface area contributed by atoms with Crippen LogP contribution in [0, 0.1) is 12.8 Å². The average molecular weight is 463 g/mol. The van der Waals surface area contributed by atoms with Gasteiger partial charge in [-0.05, 0) is 62.3 Å². The second kappa shape index (κ2) is 8.52. The van der Waals surface area contributed by atoms with Gasteiger partial charge in [0.05, 0.1) is 5.71 Å². The fraction of sp³-hybridized carbons (Fsp3) is 0.240. The molecule has 0 N–H and O–H groups in total. The molecule has 0 bridgehead atoms. The summed E-state index contributed by atoms with van der Waals surface area (Å²) < 4.78 is 4.45. The first-order chi connectivity index (χ1) is 15.5. The molecule has 32 heavy (non-hydrogen) atoms. The molecular formula is C25H23ClN4OS. The Morgan fingerprint density at radius 3 is 2.75 bits per heavy atom. The summed E-state index contributed by atoms with van der Waals surface area (Å²) in [6, 6.07) is 15.8. The lowest BCUT2D eigenvalue weighted by molar-refractivity contribution is 0.330. The van der Waals surface area contributed by atoms with Crippen LogP contribution in [0.1, 0.15) is 29.1 Å². The number of hydrogen-bond acceptors (Lipinski definition) is 4. The maximum atomic E-state index is 6.01. The second-order valence-corrected chi connectivity index (χ2v) is 8.93. The van der Waals surface area contributed by atoms with Crippen molar-refractivity contribution in [1.29, 1.82) is 0 Å². The van der Waals surface area contributed by atoms with Crippen molar-refractivity contribution in [2.75, 3.05) is 0 Å². The Kier molecular flexibility index (Phi) is 5.57. The molecule has 0 amide bonds. The topological polar surface area (TPSA) is 44.3 Å². The lowest BCUT2D eigenvalue weighted by Gasteiger charge is -2.26. The normalized spacial score (nSPS) is 17.0. The summed E-state index contributed by atoms with van der Waals surface area (Å²) in [7, 11) is 2.12. The summed E-state index contributed by atoms with van der Waals surface area (Å²) in [5.41, 5.74) is 5.36. The Bertz CT molecular complexity index is 1340. The van der Waals surface area contributed by atoms with Crippen molar-refractivity contribution in [3.63, 3.8) is 0 Å². The summed E-state index contributed by atoms with van der Waals surface area (Å²) in [4.78, 5) is 10.2. The number of benzene rings is 2. The molecule has 4 aromatic rings. The predicted octanol–water partition coefficient (Wildman–Crippen LogP) is 5.70. The van der Waals surface area contributed by atoms with Crippen LogP contribution in [0.15, 0.2) is 66.1 Å². The molecule has 0 fully saturated rings. The molecule has 7 heteroatoms. The van der Waals surface area contributed by atoms with Gasteiger partial charge in [-0.3, -0.25) is 0 Å². The van der Waals surface area contributed by atoms with Crippen LogP contribution in [0.5, 0.6) is 0 Å². The van der Waals surface area contributed by atoms with Crippen LogP contribution in [0.4, 0.5) is 0 Å². The van der Waals surface area contributed by atoms with E-state index in [1.807, 2.05) is 31.5 Å². The lowest BCUT2D eigenvalue weighted by Crippen LogP contribution is -2.28. The van der Waals surface area contributed by atoms with E-state index >= 15 is 0 Å². The molecule has 5 nitrogen and oxygen atoms in total. The highest BCUT2D eigenvalue weighted by molar-refractivity contribution is 7.80. The summed E-state index contributed by atoms with van der Waals surface area (Å²) in [6.07, 6.45) is 5.82. The first-order valence-electron chi connectivity index (χ1n) is 10.6. The molecular weight excluding hydrogens is 440 g/mol. The van der Waals surface area contributed by atoms with Gasteiger partial charge < -0.3 is 14.0 Å². The Labute approximate surface area is 197 Å². The van der Waals surface area contributed by atoms with Gasteiger partial charge in [0, 0.05) is 64.7 Å². The van der Waals surface area contributed by atoms with Crippen LogP contribution in [0.2, 0.25) is 5.02 Å². The minimum absolute atomic E-state index is 0.189. The van der Waals surface area contributed by atoms with Gasteiger partial charge >= 0.3 is 0 Å². The minimum Gasteiger partial charge on any atom is -0.347 e. The van der Waals surface area contributed by atoms with Crippen molar-refractivity contribution < 1.29 is 4.84 Å². The number of imidazole rings is 1. The highest BCUT2D eigenvalue weighted by Crippen LogP contribution is 2.35. The summed E-state index contributed by atoms with van der Waals surface area (Å²) in [6.45, 7) is 2.82. The quantitative estimate of drug-likeness (QED) is 0.289. The van der Waals surface area contributed by atoms with Crippen molar-refractivity contribution in [2.45, 2.75) is 26.3 Å². The van der Waals surface area contributed by atoms with E-state index in [4.69, 9.17) is 28.7 Å². The van der Waals surface area contributed by atoms with Gasteiger partial charge in [0.2, 0.25) is 5.05 Å². The van der Waals surface area contributed by atoms with Gasteiger partial charge in [-0.1, -0.05) is 35.0 Å². The molecule has 1 aliphatic carbocycles. The monoisotopic (exact) mass is 462 g/mol. The van der Waals surface area contributed by atoms with E-state index in [2.05, 4.69) is 50.6 Å². The van der Waals surface area contributed by atoms with Gasteiger partial charge in [0.25, 0.3) is 0 Å². The number of aromatic nitrogens is 3. The molecule has 0 spiro atoms. The van der Waals surface area contributed by atoms with E-state index < -0.39 is 0 Å². The molecule has 1 aliphatic rings. The van der Waals surface area contributed by atoms with Gasteiger partial charge in [-0.2, -0.15) is 0 Å². The molecule has 2 aromatic heterocycles. The highest BCUT2D eigenvalue weighted by atomic mass is 35.5. The van der Waals surface area contributed by atoms with Crippen molar-refractivity contribution in [2.24, 2.45) is 18.1 Å². The zero-order valence-electron chi connectivity index (χ0n) is 18.0. The number of fused-ring (bicyclic) bond motifs is 3.